The van der Waals surface area contributed by atoms with Crippen molar-refractivity contribution in [3.8, 4) is 0 Å². The zero-order valence-corrected chi connectivity index (χ0v) is 10.8. The van der Waals surface area contributed by atoms with E-state index < -0.39 is 0 Å². The Morgan fingerprint density at radius 2 is 2.32 bits per heavy atom. The highest BCUT2D eigenvalue weighted by Crippen LogP contribution is 2.12. The van der Waals surface area contributed by atoms with Crippen LogP contribution in [0.3, 0.4) is 0 Å². The van der Waals surface area contributed by atoms with Crippen LogP contribution in [-0.2, 0) is 6.42 Å². The number of anilines is 1. The summed E-state index contributed by atoms with van der Waals surface area (Å²) in [5.74, 6) is 0.756. The Kier molecular flexibility index (Phi) is 4.49. The minimum atomic E-state index is -0.107. The molecule has 0 aromatic carbocycles. The van der Waals surface area contributed by atoms with Gasteiger partial charge in [0, 0.05) is 38.1 Å². The molecule has 6 nitrogen and oxygen atoms in total. The number of pyridine rings is 1. The van der Waals surface area contributed by atoms with E-state index in [0.29, 0.717) is 18.5 Å². The maximum atomic E-state index is 12.1. The van der Waals surface area contributed by atoms with Crippen LogP contribution in [0.1, 0.15) is 23.1 Å². The lowest BCUT2D eigenvalue weighted by atomic mass is 10.2. The summed E-state index contributed by atoms with van der Waals surface area (Å²) in [6, 6.07) is 1.71. The Balaban J connectivity index is 1.92. The molecule has 0 unspecified atom stereocenters. The summed E-state index contributed by atoms with van der Waals surface area (Å²) in [5.41, 5.74) is 1.36. The highest BCUT2D eigenvalue weighted by Gasteiger charge is 2.10. The van der Waals surface area contributed by atoms with Crippen LogP contribution in [0.5, 0.6) is 0 Å². The topological polar surface area (TPSA) is 82.7 Å². The molecule has 3 N–H and O–H groups in total. The van der Waals surface area contributed by atoms with Gasteiger partial charge in [0.15, 0.2) is 0 Å². The molecule has 0 fully saturated rings. The van der Waals surface area contributed by atoms with Gasteiger partial charge in [-0.25, -0.2) is 4.98 Å². The van der Waals surface area contributed by atoms with Crippen molar-refractivity contribution in [3.63, 3.8) is 0 Å². The van der Waals surface area contributed by atoms with Crippen molar-refractivity contribution in [1.29, 1.82) is 0 Å². The number of carbonyl (C=O) groups excluding carboxylic acids is 1. The third kappa shape index (κ3) is 3.54. The molecule has 0 aliphatic heterocycles. The molecule has 0 bridgehead atoms. The van der Waals surface area contributed by atoms with Crippen molar-refractivity contribution in [2.45, 2.75) is 13.3 Å². The molecule has 0 radical (unpaired) electrons. The van der Waals surface area contributed by atoms with E-state index >= 15 is 0 Å². The summed E-state index contributed by atoms with van der Waals surface area (Å²) in [6.45, 7) is 3.27. The van der Waals surface area contributed by atoms with E-state index in [2.05, 4.69) is 25.6 Å². The predicted octanol–water partition coefficient (Wildman–Crippen LogP) is 1.21. The molecule has 0 spiro atoms. The largest absolute Gasteiger partial charge is 0.383 e. The van der Waals surface area contributed by atoms with Gasteiger partial charge in [-0.3, -0.25) is 9.78 Å². The van der Waals surface area contributed by atoms with Crippen LogP contribution in [0, 0.1) is 0 Å². The molecule has 2 rings (SSSR count). The Hall–Kier alpha value is -2.37. The highest BCUT2D eigenvalue weighted by atomic mass is 16.1. The van der Waals surface area contributed by atoms with Gasteiger partial charge in [0.2, 0.25) is 0 Å². The molecular formula is C13H17N5O. The molecular weight excluding hydrogens is 242 g/mol. The fraction of sp³-hybridized carbons (Fsp3) is 0.308. The monoisotopic (exact) mass is 259 g/mol. The summed E-state index contributed by atoms with van der Waals surface area (Å²) >= 11 is 0. The number of aromatic nitrogens is 3. The number of nitrogens with one attached hydrogen (secondary N) is 3. The molecule has 2 aromatic rings. The maximum Gasteiger partial charge on any atom is 0.253 e. The van der Waals surface area contributed by atoms with Crippen LogP contribution in [-0.4, -0.2) is 33.9 Å². The number of nitrogens with zero attached hydrogens (tertiary/aromatic N) is 2. The van der Waals surface area contributed by atoms with Gasteiger partial charge in [0.05, 0.1) is 17.4 Å². The first-order valence-electron chi connectivity index (χ1n) is 6.25. The van der Waals surface area contributed by atoms with E-state index in [1.165, 1.54) is 0 Å². The first-order valence-corrected chi connectivity index (χ1v) is 6.25. The van der Waals surface area contributed by atoms with Crippen molar-refractivity contribution in [3.05, 3.63) is 42.2 Å². The molecule has 100 valence electrons. The number of carbonyl (C=O) groups is 1. The van der Waals surface area contributed by atoms with E-state index in [4.69, 9.17) is 0 Å². The van der Waals surface area contributed by atoms with Crippen LogP contribution < -0.4 is 10.6 Å². The van der Waals surface area contributed by atoms with Crippen LogP contribution in [0.15, 0.2) is 30.9 Å². The average Bonchev–Trinajstić information content (AvgIpc) is 2.93. The van der Waals surface area contributed by atoms with Gasteiger partial charge in [-0.2, -0.15) is 0 Å². The van der Waals surface area contributed by atoms with Gasteiger partial charge in [-0.1, -0.05) is 0 Å². The van der Waals surface area contributed by atoms with Crippen molar-refractivity contribution in [1.82, 2.24) is 20.3 Å². The summed E-state index contributed by atoms with van der Waals surface area (Å²) in [6.07, 6.45) is 7.42. The smallest absolute Gasteiger partial charge is 0.253 e. The van der Waals surface area contributed by atoms with Gasteiger partial charge < -0.3 is 15.6 Å². The van der Waals surface area contributed by atoms with Crippen molar-refractivity contribution < 1.29 is 4.79 Å². The van der Waals surface area contributed by atoms with E-state index in [9.17, 15) is 4.79 Å². The standard InChI is InChI=1S/C13H17N5O/c1-2-15-11-9-14-5-3-10(11)13(19)18-6-4-12-16-7-8-17-12/h3,5,7-9,15H,2,4,6H2,1H3,(H,16,17)(H,18,19). The summed E-state index contributed by atoms with van der Waals surface area (Å²) in [5, 5.41) is 5.99. The van der Waals surface area contributed by atoms with Crippen molar-refractivity contribution in [2.75, 3.05) is 18.4 Å². The highest BCUT2D eigenvalue weighted by molar-refractivity contribution is 5.99. The normalized spacial score (nSPS) is 10.2. The molecule has 6 heteroatoms. The third-order valence-electron chi connectivity index (χ3n) is 2.64. The molecule has 19 heavy (non-hydrogen) atoms. The zero-order valence-electron chi connectivity index (χ0n) is 10.8. The molecule has 0 saturated carbocycles. The Morgan fingerprint density at radius 1 is 1.42 bits per heavy atom. The molecule has 2 aromatic heterocycles. The van der Waals surface area contributed by atoms with Gasteiger partial charge in [0.25, 0.3) is 5.91 Å². The Labute approximate surface area is 111 Å². The number of hydrogen-bond donors (Lipinski definition) is 3. The first kappa shape index (κ1) is 13.1. The molecule has 2 heterocycles. The molecule has 1 amide bonds. The van der Waals surface area contributed by atoms with Crippen LogP contribution in [0.2, 0.25) is 0 Å². The molecule has 0 saturated heterocycles. The Morgan fingerprint density at radius 3 is 3.05 bits per heavy atom. The summed E-state index contributed by atoms with van der Waals surface area (Å²) in [7, 11) is 0. The van der Waals surface area contributed by atoms with E-state index in [-0.39, 0.29) is 5.91 Å². The average molecular weight is 259 g/mol. The summed E-state index contributed by atoms with van der Waals surface area (Å²) < 4.78 is 0. The van der Waals surface area contributed by atoms with Crippen LogP contribution in [0.25, 0.3) is 0 Å². The molecule has 0 aliphatic rings. The van der Waals surface area contributed by atoms with E-state index in [1.54, 1.807) is 30.9 Å². The van der Waals surface area contributed by atoms with Crippen LogP contribution in [0.4, 0.5) is 5.69 Å². The number of hydrogen-bond acceptors (Lipinski definition) is 4. The number of H-pyrrole nitrogens is 1. The van der Waals surface area contributed by atoms with Crippen molar-refractivity contribution >= 4 is 11.6 Å². The lowest BCUT2D eigenvalue weighted by molar-refractivity contribution is 0.0954. The Bertz CT molecular complexity index is 524. The van der Waals surface area contributed by atoms with E-state index in [0.717, 1.165) is 18.1 Å². The fourth-order valence-electron chi connectivity index (χ4n) is 1.75. The third-order valence-corrected chi connectivity index (χ3v) is 2.64. The lowest BCUT2D eigenvalue weighted by Crippen LogP contribution is -2.26. The number of amides is 1. The zero-order chi connectivity index (χ0) is 13.5. The van der Waals surface area contributed by atoms with Gasteiger partial charge in [0.1, 0.15) is 5.82 Å². The van der Waals surface area contributed by atoms with Crippen molar-refractivity contribution in [2.24, 2.45) is 0 Å². The van der Waals surface area contributed by atoms with Gasteiger partial charge >= 0.3 is 0 Å². The predicted molar refractivity (Wildman–Crippen MR) is 73.0 cm³/mol. The minimum absolute atomic E-state index is 0.107. The lowest BCUT2D eigenvalue weighted by Gasteiger charge is -2.09. The van der Waals surface area contributed by atoms with E-state index in [1.807, 2.05) is 6.92 Å². The summed E-state index contributed by atoms with van der Waals surface area (Å²) in [4.78, 5) is 23.2. The van der Waals surface area contributed by atoms with Crippen LogP contribution >= 0.6 is 0 Å². The minimum Gasteiger partial charge on any atom is -0.383 e. The maximum absolute atomic E-state index is 12.1. The second kappa shape index (κ2) is 6.53. The quantitative estimate of drug-likeness (QED) is 0.728. The fourth-order valence-corrected chi connectivity index (χ4v) is 1.75. The number of rotatable bonds is 6. The number of aromatic amines is 1. The molecule has 0 aliphatic carbocycles. The molecule has 0 atom stereocenters. The second-order valence-electron chi connectivity index (χ2n) is 3.99. The second-order valence-corrected chi connectivity index (χ2v) is 3.99. The van der Waals surface area contributed by atoms with Gasteiger partial charge in [-0.15, -0.1) is 0 Å². The SMILES string of the molecule is CCNc1cnccc1C(=O)NCCc1ncc[nH]1. The number of imidazole rings is 1. The first-order chi connectivity index (χ1) is 9.31. The van der Waals surface area contributed by atoms with Gasteiger partial charge in [-0.05, 0) is 13.0 Å².